The van der Waals surface area contributed by atoms with E-state index < -0.39 is 0 Å². The largest absolute Gasteiger partial charge is 0.197 e. The maximum absolute atomic E-state index is 8.66. The van der Waals surface area contributed by atoms with Crippen molar-refractivity contribution >= 4 is 15.9 Å². The molecule has 0 spiro atoms. The van der Waals surface area contributed by atoms with Crippen LogP contribution in [0.25, 0.3) is 0 Å². The number of halogens is 1. The molecule has 0 N–H and O–H groups in total. The molecule has 1 unspecified atom stereocenters. The van der Waals surface area contributed by atoms with Gasteiger partial charge in [0.05, 0.1) is 6.07 Å². The first-order valence-corrected chi connectivity index (χ1v) is 5.15. The Balaban J connectivity index is 2.88. The van der Waals surface area contributed by atoms with Gasteiger partial charge in [0.15, 0.2) is 0 Å². The summed E-state index contributed by atoms with van der Waals surface area (Å²) in [6, 6.07) is 8.51. The third-order valence-corrected chi connectivity index (χ3v) is 2.57. The number of benzene rings is 1. The monoisotopic (exact) mass is 237 g/mol. The Morgan fingerprint density at radius 2 is 2.15 bits per heavy atom. The highest BCUT2D eigenvalue weighted by Gasteiger charge is 2.05. The first kappa shape index (κ1) is 10.3. The fourth-order valence-electron chi connectivity index (χ4n) is 1.26. The molecule has 0 saturated carbocycles. The van der Waals surface area contributed by atoms with E-state index in [0.717, 1.165) is 6.42 Å². The van der Waals surface area contributed by atoms with Crippen LogP contribution in [0.2, 0.25) is 0 Å². The maximum Gasteiger partial charge on any atom is 0.105 e. The fraction of sp³-hybridized carbons (Fsp3) is 0.364. The summed E-state index contributed by atoms with van der Waals surface area (Å²) in [5.74, 6) is 0. The van der Waals surface area contributed by atoms with Crippen LogP contribution in [-0.2, 0) is 6.42 Å². The molecule has 13 heavy (non-hydrogen) atoms. The Hall–Kier alpha value is -0.810. The molecule has 0 heterocycles. The van der Waals surface area contributed by atoms with Gasteiger partial charge >= 0.3 is 0 Å². The molecule has 1 aromatic rings. The summed E-state index contributed by atoms with van der Waals surface area (Å²) in [5.41, 5.74) is 3.76. The standard InChI is InChI=1S/C11H12BrN/c1-8-3-4-9(2)10(5-8)6-11(12)7-13/h3-5,11H,6H2,1-2H3. The third kappa shape index (κ3) is 2.86. The van der Waals surface area contributed by atoms with Gasteiger partial charge in [0.2, 0.25) is 0 Å². The molecule has 1 nitrogen and oxygen atoms in total. The predicted molar refractivity (Wildman–Crippen MR) is 57.9 cm³/mol. The molecule has 0 aliphatic carbocycles. The molecule has 0 amide bonds. The first-order valence-electron chi connectivity index (χ1n) is 4.23. The van der Waals surface area contributed by atoms with Crippen LogP contribution in [0.1, 0.15) is 16.7 Å². The van der Waals surface area contributed by atoms with Crippen molar-refractivity contribution in [2.45, 2.75) is 25.1 Å². The van der Waals surface area contributed by atoms with Gasteiger partial charge in [0.1, 0.15) is 4.83 Å². The molecule has 1 aromatic carbocycles. The highest BCUT2D eigenvalue weighted by Crippen LogP contribution is 2.15. The minimum atomic E-state index is -0.0759. The van der Waals surface area contributed by atoms with Crippen molar-refractivity contribution in [2.24, 2.45) is 0 Å². The van der Waals surface area contributed by atoms with E-state index in [1.54, 1.807) is 0 Å². The number of aryl methyl sites for hydroxylation is 2. The van der Waals surface area contributed by atoms with E-state index >= 15 is 0 Å². The Bertz CT molecular complexity index is 338. The Morgan fingerprint density at radius 1 is 1.46 bits per heavy atom. The lowest BCUT2D eigenvalue weighted by Crippen LogP contribution is -2.01. The van der Waals surface area contributed by atoms with Crippen molar-refractivity contribution in [2.75, 3.05) is 0 Å². The molecular formula is C11H12BrN. The highest BCUT2D eigenvalue weighted by molar-refractivity contribution is 9.09. The number of hydrogen-bond acceptors (Lipinski definition) is 1. The molecule has 1 atom stereocenters. The van der Waals surface area contributed by atoms with E-state index in [0.29, 0.717) is 0 Å². The molecule has 68 valence electrons. The van der Waals surface area contributed by atoms with Crippen LogP contribution in [0.4, 0.5) is 0 Å². The van der Waals surface area contributed by atoms with Gasteiger partial charge in [-0.2, -0.15) is 5.26 Å². The summed E-state index contributed by atoms with van der Waals surface area (Å²) >= 11 is 3.31. The SMILES string of the molecule is Cc1ccc(C)c(CC(Br)C#N)c1. The van der Waals surface area contributed by atoms with Crippen LogP contribution in [-0.4, -0.2) is 4.83 Å². The van der Waals surface area contributed by atoms with Crippen LogP contribution in [0.5, 0.6) is 0 Å². The summed E-state index contributed by atoms with van der Waals surface area (Å²) < 4.78 is 0. The molecule has 0 radical (unpaired) electrons. The molecule has 1 rings (SSSR count). The first-order chi connectivity index (χ1) is 6.13. The molecular weight excluding hydrogens is 226 g/mol. The summed E-state index contributed by atoms with van der Waals surface area (Å²) in [6.07, 6.45) is 0.782. The number of nitriles is 1. The van der Waals surface area contributed by atoms with E-state index in [1.807, 2.05) is 0 Å². The molecule has 0 aromatic heterocycles. The molecule has 0 saturated heterocycles. The smallest absolute Gasteiger partial charge is 0.105 e. The van der Waals surface area contributed by atoms with Gasteiger partial charge in [-0.3, -0.25) is 0 Å². The van der Waals surface area contributed by atoms with E-state index in [-0.39, 0.29) is 4.83 Å². The number of hydrogen-bond donors (Lipinski definition) is 0. The minimum Gasteiger partial charge on any atom is -0.197 e. The van der Waals surface area contributed by atoms with Crippen LogP contribution in [0.15, 0.2) is 18.2 Å². The zero-order valence-electron chi connectivity index (χ0n) is 7.84. The summed E-state index contributed by atoms with van der Waals surface area (Å²) in [4.78, 5) is -0.0759. The number of nitrogens with zero attached hydrogens (tertiary/aromatic N) is 1. The zero-order valence-corrected chi connectivity index (χ0v) is 9.43. The van der Waals surface area contributed by atoms with E-state index in [4.69, 9.17) is 5.26 Å². The lowest BCUT2D eigenvalue weighted by Gasteiger charge is -2.06. The van der Waals surface area contributed by atoms with Crippen molar-refractivity contribution in [3.8, 4) is 6.07 Å². The normalized spacial score (nSPS) is 12.2. The highest BCUT2D eigenvalue weighted by atomic mass is 79.9. The Morgan fingerprint density at radius 3 is 2.77 bits per heavy atom. The van der Waals surface area contributed by atoms with Gasteiger partial charge < -0.3 is 0 Å². The van der Waals surface area contributed by atoms with Crippen molar-refractivity contribution in [3.05, 3.63) is 34.9 Å². The average Bonchev–Trinajstić information content (AvgIpc) is 2.11. The van der Waals surface area contributed by atoms with Crippen LogP contribution in [0, 0.1) is 25.2 Å². The van der Waals surface area contributed by atoms with E-state index in [2.05, 4.69) is 54.0 Å². The van der Waals surface area contributed by atoms with Crippen LogP contribution in [0.3, 0.4) is 0 Å². The molecule has 0 fully saturated rings. The van der Waals surface area contributed by atoms with Gasteiger partial charge in [-0.25, -0.2) is 0 Å². The summed E-state index contributed by atoms with van der Waals surface area (Å²) in [7, 11) is 0. The molecule has 0 aliphatic heterocycles. The quantitative estimate of drug-likeness (QED) is 0.726. The van der Waals surface area contributed by atoms with E-state index in [9.17, 15) is 0 Å². The van der Waals surface area contributed by atoms with Crippen molar-refractivity contribution in [3.63, 3.8) is 0 Å². The Kier molecular flexibility index (Phi) is 3.50. The molecule has 0 aliphatic rings. The lowest BCUT2D eigenvalue weighted by atomic mass is 10.0. The molecule has 2 heteroatoms. The average molecular weight is 238 g/mol. The van der Waals surface area contributed by atoms with Gasteiger partial charge in [-0.15, -0.1) is 0 Å². The van der Waals surface area contributed by atoms with Crippen molar-refractivity contribution in [1.29, 1.82) is 5.26 Å². The lowest BCUT2D eigenvalue weighted by molar-refractivity contribution is 1.02. The second-order valence-electron chi connectivity index (χ2n) is 3.23. The third-order valence-electron chi connectivity index (χ3n) is 2.04. The van der Waals surface area contributed by atoms with Gasteiger partial charge in [0.25, 0.3) is 0 Å². The van der Waals surface area contributed by atoms with Crippen molar-refractivity contribution in [1.82, 2.24) is 0 Å². The maximum atomic E-state index is 8.66. The predicted octanol–water partition coefficient (Wildman–Crippen LogP) is 3.13. The minimum absolute atomic E-state index is 0.0759. The fourth-order valence-corrected chi connectivity index (χ4v) is 1.61. The Labute approximate surface area is 87.5 Å². The van der Waals surface area contributed by atoms with Gasteiger partial charge in [-0.05, 0) is 31.4 Å². The molecule has 0 bridgehead atoms. The zero-order chi connectivity index (χ0) is 9.84. The number of rotatable bonds is 2. The van der Waals surface area contributed by atoms with Gasteiger partial charge in [-0.1, -0.05) is 39.7 Å². The van der Waals surface area contributed by atoms with Gasteiger partial charge in [0, 0.05) is 0 Å². The van der Waals surface area contributed by atoms with Crippen LogP contribution < -0.4 is 0 Å². The van der Waals surface area contributed by atoms with Crippen LogP contribution >= 0.6 is 15.9 Å². The van der Waals surface area contributed by atoms with Crippen molar-refractivity contribution < 1.29 is 0 Å². The topological polar surface area (TPSA) is 23.8 Å². The summed E-state index contributed by atoms with van der Waals surface area (Å²) in [5, 5.41) is 8.66. The number of alkyl halides is 1. The van der Waals surface area contributed by atoms with E-state index in [1.165, 1.54) is 16.7 Å². The second kappa shape index (κ2) is 4.43. The summed E-state index contributed by atoms with van der Waals surface area (Å²) in [6.45, 7) is 4.14. The second-order valence-corrected chi connectivity index (χ2v) is 4.34.